The fourth-order valence-corrected chi connectivity index (χ4v) is 3.89. The molecule has 0 aromatic heterocycles. The molecule has 3 amide bonds. The van der Waals surface area contributed by atoms with Crippen LogP contribution in [0.2, 0.25) is 0 Å². The zero-order valence-electron chi connectivity index (χ0n) is 16.6. The Morgan fingerprint density at radius 1 is 1.33 bits per heavy atom. The summed E-state index contributed by atoms with van der Waals surface area (Å²) in [4.78, 5) is 26.8. The van der Waals surface area contributed by atoms with Gasteiger partial charge in [-0.15, -0.1) is 0 Å². The summed E-state index contributed by atoms with van der Waals surface area (Å²) >= 11 is 0. The number of amides is 3. The lowest BCUT2D eigenvalue weighted by Gasteiger charge is -2.33. The van der Waals surface area contributed by atoms with Crippen LogP contribution in [0.5, 0.6) is 0 Å². The van der Waals surface area contributed by atoms with Crippen molar-refractivity contribution in [2.45, 2.75) is 52.5 Å². The third-order valence-corrected chi connectivity index (χ3v) is 5.85. The van der Waals surface area contributed by atoms with Crippen LogP contribution >= 0.6 is 0 Å². The monoisotopic (exact) mass is 373 g/mol. The number of rotatable bonds is 4. The fraction of sp³-hybridized carbons (Fsp3) is 0.619. The lowest BCUT2D eigenvalue weighted by molar-refractivity contribution is -0.000214. The molecule has 1 aromatic carbocycles. The van der Waals surface area contributed by atoms with Crippen molar-refractivity contribution in [1.29, 1.82) is 0 Å². The molecule has 0 aliphatic carbocycles. The number of nitrogens with one attached hydrogen (secondary N) is 2. The molecule has 2 atom stereocenters. The zero-order valence-corrected chi connectivity index (χ0v) is 16.6. The van der Waals surface area contributed by atoms with Crippen LogP contribution in [0.25, 0.3) is 0 Å². The highest BCUT2D eigenvalue weighted by Gasteiger charge is 2.41. The van der Waals surface area contributed by atoms with Crippen molar-refractivity contribution in [3.8, 4) is 0 Å². The second-order valence-electron chi connectivity index (χ2n) is 8.07. The molecule has 0 radical (unpaired) electrons. The quantitative estimate of drug-likeness (QED) is 0.848. The molecule has 2 aliphatic rings. The molecule has 1 aromatic rings. The van der Waals surface area contributed by atoms with E-state index in [1.54, 1.807) is 6.07 Å². The lowest BCUT2D eigenvalue weighted by Crippen LogP contribution is -2.38. The summed E-state index contributed by atoms with van der Waals surface area (Å²) in [5, 5.41) is 5.97. The van der Waals surface area contributed by atoms with Crippen LogP contribution in [-0.2, 0) is 4.74 Å². The molecule has 2 N–H and O–H groups in total. The molecule has 0 bridgehead atoms. The van der Waals surface area contributed by atoms with Crippen molar-refractivity contribution in [2.24, 2.45) is 5.41 Å². The normalized spacial score (nSPS) is 23.3. The molecule has 2 saturated heterocycles. The number of carbonyl (C=O) groups excluding carboxylic acids is 2. The van der Waals surface area contributed by atoms with E-state index in [4.69, 9.17) is 4.74 Å². The van der Waals surface area contributed by atoms with Crippen LogP contribution in [0.15, 0.2) is 18.2 Å². The Morgan fingerprint density at radius 3 is 2.81 bits per heavy atom. The molecule has 2 heterocycles. The summed E-state index contributed by atoms with van der Waals surface area (Å²) in [7, 11) is 0. The van der Waals surface area contributed by atoms with E-state index in [1.165, 1.54) is 0 Å². The van der Waals surface area contributed by atoms with Gasteiger partial charge in [0.15, 0.2) is 0 Å². The maximum Gasteiger partial charge on any atom is 0.321 e. The highest BCUT2D eigenvalue weighted by molar-refractivity contribution is 5.96. The summed E-state index contributed by atoms with van der Waals surface area (Å²) in [6.45, 7) is 9.06. The number of hydrogen-bond donors (Lipinski definition) is 2. The molecular weight excluding hydrogens is 342 g/mol. The van der Waals surface area contributed by atoms with E-state index in [0.29, 0.717) is 5.56 Å². The Bertz CT molecular complexity index is 698. The predicted octanol–water partition coefficient (Wildman–Crippen LogP) is 3.56. The van der Waals surface area contributed by atoms with E-state index in [0.717, 1.165) is 63.2 Å². The summed E-state index contributed by atoms with van der Waals surface area (Å²) in [5.74, 6) is -0.0795. The van der Waals surface area contributed by atoms with Crippen LogP contribution in [0, 0.1) is 12.3 Å². The molecule has 2 unspecified atom stereocenters. The van der Waals surface area contributed by atoms with Crippen LogP contribution in [0.3, 0.4) is 0 Å². The highest BCUT2D eigenvalue weighted by atomic mass is 16.5. The second kappa shape index (κ2) is 8.30. The van der Waals surface area contributed by atoms with Crippen LogP contribution in [-0.4, -0.2) is 49.2 Å². The van der Waals surface area contributed by atoms with Crippen molar-refractivity contribution in [1.82, 2.24) is 10.2 Å². The number of anilines is 1. The molecule has 1 spiro atoms. The van der Waals surface area contributed by atoms with Gasteiger partial charge in [-0.3, -0.25) is 4.79 Å². The average Bonchev–Trinajstić information content (AvgIpc) is 3.07. The second-order valence-corrected chi connectivity index (χ2v) is 8.07. The third-order valence-electron chi connectivity index (χ3n) is 5.85. The largest absolute Gasteiger partial charge is 0.381 e. The van der Waals surface area contributed by atoms with Crippen molar-refractivity contribution in [3.63, 3.8) is 0 Å². The minimum atomic E-state index is -0.0795. The van der Waals surface area contributed by atoms with E-state index in [2.05, 4.69) is 10.6 Å². The third kappa shape index (κ3) is 4.61. The first-order chi connectivity index (χ1) is 12.9. The molecule has 6 heteroatoms. The standard InChI is InChI=1S/C21H31N3O3/c1-4-16(3)22-19(25)17-6-7-18(15(2)12-17)23-20(26)24-10-9-21(13-24)8-5-11-27-14-21/h6-7,12,16H,4-5,8-11,13-14H2,1-3H3,(H,22,25)(H,23,26). The number of nitrogens with zero attached hydrogens (tertiary/aromatic N) is 1. The van der Waals surface area contributed by atoms with Gasteiger partial charge in [0.1, 0.15) is 0 Å². The van der Waals surface area contributed by atoms with Crippen molar-refractivity contribution in [2.75, 3.05) is 31.6 Å². The van der Waals surface area contributed by atoms with Crippen LogP contribution in [0.1, 0.15) is 55.5 Å². The van der Waals surface area contributed by atoms with E-state index in [1.807, 2.05) is 37.8 Å². The smallest absolute Gasteiger partial charge is 0.321 e. The molecule has 2 aliphatic heterocycles. The van der Waals surface area contributed by atoms with Crippen molar-refractivity contribution in [3.05, 3.63) is 29.3 Å². The Hall–Kier alpha value is -2.08. The Morgan fingerprint density at radius 2 is 2.15 bits per heavy atom. The molecule has 6 nitrogen and oxygen atoms in total. The van der Waals surface area contributed by atoms with Gasteiger partial charge in [-0.05, 0) is 63.3 Å². The first-order valence-corrected chi connectivity index (χ1v) is 9.98. The zero-order chi connectivity index (χ0) is 19.4. The summed E-state index contributed by atoms with van der Waals surface area (Å²) in [6, 6.07) is 5.48. The van der Waals surface area contributed by atoms with Crippen molar-refractivity contribution < 1.29 is 14.3 Å². The predicted molar refractivity (Wildman–Crippen MR) is 106 cm³/mol. The Kier molecular flexibility index (Phi) is 6.05. The van der Waals surface area contributed by atoms with E-state index >= 15 is 0 Å². The summed E-state index contributed by atoms with van der Waals surface area (Å²) < 4.78 is 5.65. The first-order valence-electron chi connectivity index (χ1n) is 9.98. The Labute approximate surface area is 161 Å². The van der Waals surface area contributed by atoms with E-state index in [9.17, 15) is 9.59 Å². The van der Waals surface area contributed by atoms with Gasteiger partial charge in [0, 0.05) is 42.4 Å². The minimum absolute atomic E-state index is 0.0719. The summed E-state index contributed by atoms with van der Waals surface area (Å²) in [5.41, 5.74) is 2.39. The summed E-state index contributed by atoms with van der Waals surface area (Å²) in [6.07, 6.45) is 4.11. The number of carbonyl (C=O) groups is 2. The van der Waals surface area contributed by atoms with Gasteiger partial charge >= 0.3 is 6.03 Å². The molecular formula is C21H31N3O3. The number of hydrogen-bond acceptors (Lipinski definition) is 3. The fourth-order valence-electron chi connectivity index (χ4n) is 3.89. The number of likely N-dealkylation sites (tertiary alicyclic amines) is 1. The number of urea groups is 1. The van der Waals surface area contributed by atoms with Crippen molar-refractivity contribution >= 4 is 17.6 Å². The van der Waals surface area contributed by atoms with E-state index in [-0.39, 0.29) is 23.4 Å². The van der Waals surface area contributed by atoms with Crippen LogP contribution in [0.4, 0.5) is 10.5 Å². The van der Waals surface area contributed by atoms with Gasteiger partial charge in [0.2, 0.25) is 0 Å². The molecule has 27 heavy (non-hydrogen) atoms. The average molecular weight is 373 g/mol. The van der Waals surface area contributed by atoms with Gasteiger partial charge in [-0.1, -0.05) is 6.92 Å². The lowest BCUT2D eigenvalue weighted by atomic mass is 9.82. The van der Waals surface area contributed by atoms with Gasteiger partial charge < -0.3 is 20.3 Å². The van der Waals surface area contributed by atoms with E-state index < -0.39 is 0 Å². The number of benzene rings is 1. The molecule has 3 rings (SSSR count). The van der Waals surface area contributed by atoms with Gasteiger partial charge in [-0.2, -0.15) is 0 Å². The topological polar surface area (TPSA) is 70.7 Å². The molecule has 0 saturated carbocycles. The molecule has 2 fully saturated rings. The van der Waals surface area contributed by atoms with Gasteiger partial charge in [0.25, 0.3) is 5.91 Å². The number of ether oxygens (including phenoxy) is 1. The maximum atomic E-state index is 12.7. The number of aryl methyl sites for hydroxylation is 1. The van der Waals surface area contributed by atoms with Gasteiger partial charge in [0.05, 0.1) is 6.61 Å². The molecule has 148 valence electrons. The highest BCUT2D eigenvalue weighted by Crippen LogP contribution is 2.38. The maximum absolute atomic E-state index is 12.7. The van der Waals surface area contributed by atoms with Gasteiger partial charge in [-0.25, -0.2) is 4.79 Å². The Balaban J connectivity index is 1.60. The van der Waals surface area contributed by atoms with Crippen LogP contribution < -0.4 is 10.6 Å². The SMILES string of the molecule is CCC(C)NC(=O)c1ccc(NC(=O)N2CCC3(CCCOC3)C2)c(C)c1. The first kappa shape index (κ1) is 19.7. The minimum Gasteiger partial charge on any atom is -0.381 e.